The number of nitrogens with one attached hydrogen (secondary N) is 1. The molecule has 0 heterocycles. The summed E-state index contributed by atoms with van der Waals surface area (Å²) in [5.41, 5.74) is 0.212. The van der Waals surface area contributed by atoms with Crippen molar-refractivity contribution in [2.45, 2.75) is 39.5 Å². The van der Waals surface area contributed by atoms with Gasteiger partial charge in [-0.3, -0.25) is 9.59 Å². The highest BCUT2D eigenvalue weighted by Gasteiger charge is 2.31. The molecule has 86 valence electrons. The molecule has 0 radical (unpaired) electrons. The number of aliphatic carboxylic acids is 1. The van der Waals surface area contributed by atoms with Gasteiger partial charge in [-0.25, -0.2) is 0 Å². The number of amides is 1. The van der Waals surface area contributed by atoms with Crippen molar-refractivity contribution in [2.75, 3.05) is 6.54 Å². The summed E-state index contributed by atoms with van der Waals surface area (Å²) in [6.45, 7) is 4.04. The van der Waals surface area contributed by atoms with Gasteiger partial charge in [-0.05, 0) is 24.7 Å². The van der Waals surface area contributed by atoms with Crippen molar-refractivity contribution in [1.29, 1.82) is 0 Å². The first kappa shape index (κ1) is 12.0. The normalized spacial score (nSPS) is 24.5. The summed E-state index contributed by atoms with van der Waals surface area (Å²) in [4.78, 5) is 21.9. The van der Waals surface area contributed by atoms with Gasteiger partial charge in [0.1, 0.15) is 6.54 Å². The summed E-state index contributed by atoms with van der Waals surface area (Å²) in [5.74, 6) is -1.10. The Morgan fingerprint density at radius 2 is 2.13 bits per heavy atom. The third-order valence-corrected chi connectivity index (χ3v) is 2.99. The molecule has 1 rings (SSSR count). The molecule has 15 heavy (non-hydrogen) atoms. The number of hydrogen-bond donors (Lipinski definition) is 2. The second-order valence-corrected chi connectivity index (χ2v) is 5.07. The van der Waals surface area contributed by atoms with Crippen LogP contribution in [-0.2, 0) is 9.59 Å². The standard InChI is InChI=1S/C11H19NO3/c1-11(2)5-3-4-8(6-11)10(15)12-7-9(13)14/h8H,3-7H2,1-2H3,(H,12,15)(H,13,14). The lowest BCUT2D eigenvalue weighted by Crippen LogP contribution is -2.38. The van der Waals surface area contributed by atoms with Gasteiger partial charge in [-0.2, -0.15) is 0 Å². The second kappa shape index (κ2) is 4.64. The van der Waals surface area contributed by atoms with E-state index in [0.29, 0.717) is 0 Å². The number of hydrogen-bond acceptors (Lipinski definition) is 2. The van der Waals surface area contributed by atoms with Crippen LogP contribution < -0.4 is 5.32 Å². The van der Waals surface area contributed by atoms with E-state index in [9.17, 15) is 9.59 Å². The Labute approximate surface area is 90.0 Å². The van der Waals surface area contributed by atoms with Crippen molar-refractivity contribution in [1.82, 2.24) is 5.32 Å². The largest absolute Gasteiger partial charge is 0.480 e. The number of carbonyl (C=O) groups excluding carboxylic acids is 1. The van der Waals surface area contributed by atoms with Crippen molar-refractivity contribution >= 4 is 11.9 Å². The molecule has 0 saturated heterocycles. The SMILES string of the molecule is CC1(C)CCCC(C(=O)NCC(=O)O)C1. The summed E-state index contributed by atoms with van der Waals surface area (Å²) in [6, 6.07) is 0. The van der Waals surface area contributed by atoms with Gasteiger partial charge in [0.15, 0.2) is 0 Å². The van der Waals surface area contributed by atoms with Crippen LogP contribution in [0.1, 0.15) is 39.5 Å². The summed E-state index contributed by atoms with van der Waals surface area (Å²) in [7, 11) is 0. The van der Waals surface area contributed by atoms with Gasteiger partial charge in [-0.1, -0.05) is 20.3 Å². The molecule has 0 bridgehead atoms. The fourth-order valence-electron chi connectivity index (χ4n) is 2.23. The van der Waals surface area contributed by atoms with Crippen molar-refractivity contribution in [3.63, 3.8) is 0 Å². The van der Waals surface area contributed by atoms with Gasteiger partial charge in [-0.15, -0.1) is 0 Å². The smallest absolute Gasteiger partial charge is 0.322 e. The van der Waals surface area contributed by atoms with Gasteiger partial charge in [0.05, 0.1) is 0 Å². The third-order valence-electron chi connectivity index (χ3n) is 2.99. The molecule has 1 aliphatic carbocycles. The third kappa shape index (κ3) is 3.90. The summed E-state index contributed by atoms with van der Waals surface area (Å²) < 4.78 is 0. The molecule has 1 amide bonds. The zero-order valence-electron chi connectivity index (χ0n) is 9.38. The number of carbonyl (C=O) groups is 2. The van der Waals surface area contributed by atoms with Crippen molar-refractivity contribution < 1.29 is 14.7 Å². The van der Waals surface area contributed by atoms with E-state index < -0.39 is 5.97 Å². The number of rotatable bonds is 3. The van der Waals surface area contributed by atoms with Crippen LogP contribution in [0.15, 0.2) is 0 Å². The molecule has 4 nitrogen and oxygen atoms in total. The molecule has 1 atom stereocenters. The molecular weight excluding hydrogens is 194 g/mol. The van der Waals surface area contributed by atoms with E-state index in [-0.39, 0.29) is 23.8 Å². The predicted molar refractivity (Wildman–Crippen MR) is 56.4 cm³/mol. The minimum absolute atomic E-state index is 0.00639. The first-order chi connectivity index (χ1) is 6.91. The average Bonchev–Trinajstić information content (AvgIpc) is 2.12. The van der Waals surface area contributed by atoms with Crippen LogP contribution in [0.3, 0.4) is 0 Å². The minimum Gasteiger partial charge on any atom is -0.480 e. The molecule has 1 unspecified atom stereocenters. The zero-order chi connectivity index (χ0) is 11.5. The van der Waals surface area contributed by atoms with Crippen molar-refractivity contribution in [3.8, 4) is 0 Å². The summed E-state index contributed by atoms with van der Waals surface area (Å²) in [5, 5.41) is 10.9. The topological polar surface area (TPSA) is 66.4 Å². The summed E-state index contributed by atoms with van der Waals surface area (Å²) in [6.07, 6.45) is 3.95. The maximum atomic E-state index is 11.6. The van der Waals surface area contributed by atoms with E-state index in [4.69, 9.17) is 5.11 Å². The molecule has 2 N–H and O–H groups in total. The van der Waals surface area contributed by atoms with Crippen LogP contribution in [0, 0.1) is 11.3 Å². The van der Waals surface area contributed by atoms with E-state index in [2.05, 4.69) is 19.2 Å². The Kier molecular flexibility index (Phi) is 3.72. The molecule has 1 aliphatic rings. The Morgan fingerprint density at radius 1 is 1.47 bits per heavy atom. The van der Waals surface area contributed by atoms with E-state index in [1.165, 1.54) is 0 Å². The van der Waals surface area contributed by atoms with Crippen LogP contribution in [0.2, 0.25) is 0 Å². The average molecular weight is 213 g/mol. The summed E-state index contributed by atoms with van der Waals surface area (Å²) >= 11 is 0. The van der Waals surface area contributed by atoms with E-state index in [1.807, 2.05) is 0 Å². The highest BCUT2D eigenvalue weighted by molar-refractivity contribution is 5.82. The fourth-order valence-corrected chi connectivity index (χ4v) is 2.23. The zero-order valence-corrected chi connectivity index (χ0v) is 9.38. The molecule has 0 aromatic heterocycles. The van der Waals surface area contributed by atoms with Crippen molar-refractivity contribution in [2.24, 2.45) is 11.3 Å². The van der Waals surface area contributed by atoms with E-state index in [0.717, 1.165) is 25.7 Å². The van der Waals surface area contributed by atoms with Gasteiger partial charge in [0, 0.05) is 5.92 Å². The lowest BCUT2D eigenvalue weighted by Gasteiger charge is -2.34. The predicted octanol–water partition coefficient (Wildman–Crippen LogP) is 1.40. The van der Waals surface area contributed by atoms with Crippen LogP contribution in [0.4, 0.5) is 0 Å². The molecule has 0 aromatic rings. The Balaban J connectivity index is 2.42. The van der Waals surface area contributed by atoms with Gasteiger partial charge in [0.25, 0.3) is 0 Å². The Bertz CT molecular complexity index is 261. The van der Waals surface area contributed by atoms with E-state index >= 15 is 0 Å². The lowest BCUT2D eigenvalue weighted by atomic mass is 9.72. The minimum atomic E-state index is -0.988. The van der Waals surface area contributed by atoms with Crippen molar-refractivity contribution in [3.05, 3.63) is 0 Å². The lowest BCUT2D eigenvalue weighted by molar-refractivity contribution is -0.139. The fraction of sp³-hybridized carbons (Fsp3) is 0.818. The number of carboxylic acids is 1. The molecular formula is C11H19NO3. The van der Waals surface area contributed by atoms with Crippen LogP contribution in [0.25, 0.3) is 0 Å². The van der Waals surface area contributed by atoms with Crippen LogP contribution >= 0.6 is 0 Å². The highest BCUT2D eigenvalue weighted by Crippen LogP contribution is 2.38. The van der Waals surface area contributed by atoms with Gasteiger partial charge in [0.2, 0.25) is 5.91 Å². The van der Waals surface area contributed by atoms with Gasteiger partial charge < -0.3 is 10.4 Å². The Morgan fingerprint density at radius 3 is 2.67 bits per heavy atom. The second-order valence-electron chi connectivity index (χ2n) is 5.07. The first-order valence-corrected chi connectivity index (χ1v) is 5.40. The molecule has 0 aromatic carbocycles. The Hall–Kier alpha value is -1.06. The monoisotopic (exact) mass is 213 g/mol. The maximum absolute atomic E-state index is 11.6. The quantitative estimate of drug-likeness (QED) is 0.744. The molecule has 4 heteroatoms. The first-order valence-electron chi connectivity index (χ1n) is 5.40. The highest BCUT2D eigenvalue weighted by atomic mass is 16.4. The molecule has 0 spiro atoms. The van der Waals surface area contributed by atoms with Crippen LogP contribution in [0.5, 0.6) is 0 Å². The van der Waals surface area contributed by atoms with Crippen LogP contribution in [-0.4, -0.2) is 23.5 Å². The van der Waals surface area contributed by atoms with Gasteiger partial charge >= 0.3 is 5.97 Å². The molecule has 0 aliphatic heterocycles. The van der Waals surface area contributed by atoms with E-state index in [1.54, 1.807) is 0 Å². The molecule has 1 fully saturated rings. The maximum Gasteiger partial charge on any atom is 0.322 e. The molecule has 1 saturated carbocycles. The number of carboxylic acid groups (broad SMARTS) is 1.